The number of carbonyl (C=O) groups is 1. The van der Waals surface area contributed by atoms with E-state index in [0.717, 1.165) is 12.2 Å². The van der Waals surface area contributed by atoms with E-state index in [1.165, 1.54) is 69.2 Å². The first-order valence-electron chi connectivity index (χ1n) is 9.93. The van der Waals surface area contributed by atoms with Gasteiger partial charge >= 0.3 is 5.97 Å². The van der Waals surface area contributed by atoms with Crippen molar-refractivity contribution in [2.75, 3.05) is 6.61 Å². The summed E-state index contributed by atoms with van der Waals surface area (Å²) in [5.74, 6) is 0.905. The number of hydrogen-bond acceptors (Lipinski definition) is 4. The van der Waals surface area contributed by atoms with Crippen LogP contribution in [-0.2, 0) is 0 Å². The van der Waals surface area contributed by atoms with E-state index in [4.69, 9.17) is 9.47 Å². The topological polar surface area (TPSA) is 55.8 Å². The van der Waals surface area contributed by atoms with Crippen LogP contribution in [0.4, 0.5) is 0 Å². The Morgan fingerprint density at radius 1 is 0.778 bits per heavy atom. The normalized spacial score (nSPS) is 10.6. The summed E-state index contributed by atoms with van der Waals surface area (Å²) in [4.78, 5) is 12.0. The Kier molecular flexibility index (Phi) is 9.25. The number of phenols is 1. The van der Waals surface area contributed by atoms with E-state index < -0.39 is 5.97 Å². The molecule has 0 saturated heterocycles. The van der Waals surface area contributed by atoms with E-state index in [2.05, 4.69) is 6.92 Å². The molecule has 27 heavy (non-hydrogen) atoms. The summed E-state index contributed by atoms with van der Waals surface area (Å²) in [7, 11) is 0. The molecule has 0 spiro atoms. The molecular weight excluding hydrogens is 340 g/mol. The number of rotatable bonds is 12. The van der Waals surface area contributed by atoms with Crippen LogP contribution in [0.3, 0.4) is 0 Å². The van der Waals surface area contributed by atoms with Gasteiger partial charge in [-0.05, 0) is 55.0 Å². The fourth-order valence-electron chi connectivity index (χ4n) is 2.79. The van der Waals surface area contributed by atoms with Gasteiger partial charge in [-0.1, -0.05) is 51.9 Å². The van der Waals surface area contributed by atoms with Gasteiger partial charge in [0.1, 0.15) is 17.2 Å². The van der Waals surface area contributed by atoms with Crippen LogP contribution in [0.5, 0.6) is 17.2 Å². The van der Waals surface area contributed by atoms with Crippen molar-refractivity contribution in [2.24, 2.45) is 0 Å². The summed E-state index contributed by atoms with van der Waals surface area (Å²) in [5.41, 5.74) is 0.392. The van der Waals surface area contributed by atoms with Crippen molar-refractivity contribution in [3.63, 3.8) is 0 Å². The fourth-order valence-corrected chi connectivity index (χ4v) is 2.79. The van der Waals surface area contributed by atoms with Crippen molar-refractivity contribution in [3.05, 3.63) is 54.1 Å². The highest BCUT2D eigenvalue weighted by molar-refractivity contribution is 5.91. The second kappa shape index (κ2) is 12.0. The van der Waals surface area contributed by atoms with Crippen molar-refractivity contribution in [3.8, 4) is 17.2 Å². The number of phenolic OH excluding ortho intramolecular Hbond substituents is 1. The second-order valence-corrected chi connectivity index (χ2v) is 6.73. The zero-order valence-electron chi connectivity index (χ0n) is 16.2. The van der Waals surface area contributed by atoms with E-state index in [-0.39, 0.29) is 5.75 Å². The molecular formula is C23H30O4. The van der Waals surface area contributed by atoms with Crippen LogP contribution < -0.4 is 9.47 Å². The molecule has 146 valence electrons. The Morgan fingerprint density at radius 3 is 1.96 bits per heavy atom. The summed E-state index contributed by atoms with van der Waals surface area (Å²) in [6, 6.07) is 13.0. The molecule has 0 heterocycles. The van der Waals surface area contributed by atoms with Crippen molar-refractivity contribution < 1.29 is 19.4 Å². The van der Waals surface area contributed by atoms with E-state index in [1.54, 1.807) is 12.1 Å². The van der Waals surface area contributed by atoms with Crippen molar-refractivity contribution in [1.82, 2.24) is 0 Å². The smallest absolute Gasteiger partial charge is 0.343 e. The third-order valence-corrected chi connectivity index (χ3v) is 4.40. The SMILES string of the molecule is CCCCCCCCCCOc1ccc(OC(=O)c2ccc(O)cc2)cc1. The summed E-state index contributed by atoms with van der Waals surface area (Å²) in [6.45, 7) is 2.95. The molecule has 1 N–H and O–H groups in total. The van der Waals surface area contributed by atoms with E-state index in [1.807, 2.05) is 12.1 Å². The summed E-state index contributed by atoms with van der Waals surface area (Å²) < 4.78 is 11.1. The van der Waals surface area contributed by atoms with Gasteiger partial charge in [-0.15, -0.1) is 0 Å². The molecule has 0 fully saturated rings. The Bertz CT molecular complexity index is 662. The number of hydrogen-bond donors (Lipinski definition) is 1. The van der Waals surface area contributed by atoms with Crippen LogP contribution in [0.2, 0.25) is 0 Å². The lowest BCUT2D eigenvalue weighted by atomic mass is 10.1. The maximum absolute atomic E-state index is 12.0. The molecule has 0 amide bonds. The molecule has 4 heteroatoms. The van der Waals surface area contributed by atoms with E-state index >= 15 is 0 Å². The van der Waals surface area contributed by atoms with Gasteiger partial charge < -0.3 is 14.6 Å². The summed E-state index contributed by atoms with van der Waals surface area (Å²) >= 11 is 0. The van der Waals surface area contributed by atoms with Crippen LogP contribution in [-0.4, -0.2) is 17.7 Å². The van der Waals surface area contributed by atoms with Gasteiger partial charge in [0, 0.05) is 0 Å². The lowest BCUT2D eigenvalue weighted by Crippen LogP contribution is -2.08. The first-order valence-corrected chi connectivity index (χ1v) is 9.93. The molecule has 0 radical (unpaired) electrons. The molecule has 0 atom stereocenters. The first-order chi connectivity index (χ1) is 13.2. The maximum Gasteiger partial charge on any atom is 0.343 e. The number of carbonyl (C=O) groups excluding carboxylic acids is 1. The zero-order valence-corrected chi connectivity index (χ0v) is 16.2. The first kappa shape index (κ1) is 20.8. The lowest BCUT2D eigenvalue weighted by Gasteiger charge is -2.08. The highest BCUT2D eigenvalue weighted by Gasteiger charge is 2.08. The van der Waals surface area contributed by atoms with Crippen LogP contribution >= 0.6 is 0 Å². The molecule has 0 aromatic heterocycles. The van der Waals surface area contributed by atoms with Gasteiger partial charge in [0.05, 0.1) is 12.2 Å². The van der Waals surface area contributed by atoms with Gasteiger partial charge in [-0.2, -0.15) is 0 Å². The Labute approximate surface area is 162 Å². The van der Waals surface area contributed by atoms with Crippen LogP contribution in [0, 0.1) is 0 Å². The number of esters is 1. The minimum absolute atomic E-state index is 0.115. The monoisotopic (exact) mass is 370 g/mol. The number of benzene rings is 2. The van der Waals surface area contributed by atoms with Crippen LogP contribution in [0.15, 0.2) is 48.5 Å². The molecule has 0 unspecified atom stereocenters. The maximum atomic E-state index is 12.0. The molecule has 2 aromatic carbocycles. The Balaban J connectivity index is 1.63. The number of ether oxygens (including phenoxy) is 2. The minimum Gasteiger partial charge on any atom is -0.508 e. The number of unbranched alkanes of at least 4 members (excludes halogenated alkanes) is 7. The molecule has 2 aromatic rings. The van der Waals surface area contributed by atoms with Gasteiger partial charge in [-0.3, -0.25) is 0 Å². The third kappa shape index (κ3) is 8.16. The predicted molar refractivity (Wildman–Crippen MR) is 108 cm³/mol. The van der Waals surface area contributed by atoms with Gasteiger partial charge in [0.25, 0.3) is 0 Å². The Hall–Kier alpha value is -2.49. The molecule has 4 nitrogen and oxygen atoms in total. The van der Waals surface area contributed by atoms with Crippen molar-refractivity contribution >= 4 is 5.97 Å². The largest absolute Gasteiger partial charge is 0.508 e. The van der Waals surface area contributed by atoms with Crippen molar-refractivity contribution in [2.45, 2.75) is 58.3 Å². The minimum atomic E-state index is -0.456. The average molecular weight is 370 g/mol. The predicted octanol–water partition coefficient (Wildman–Crippen LogP) is 6.13. The molecule has 0 aliphatic carbocycles. The second-order valence-electron chi connectivity index (χ2n) is 6.73. The molecule has 2 rings (SSSR count). The molecule has 0 aliphatic rings. The average Bonchev–Trinajstić information content (AvgIpc) is 2.68. The van der Waals surface area contributed by atoms with Crippen LogP contribution in [0.25, 0.3) is 0 Å². The quantitative estimate of drug-likeness (QED) is 0.277. The molecule has 0 aliphatic heterocycles. The molecule has 0 saturated carbocycles. The van der Waals surface area contributed by atoms with Crippen molar-refractivity contribution in [1.29, 1.82) is 0 Å². The summed E-state index contributed by atoms with van der Waals surface area (Å²) in [6.07, 6.45) is 10.2. The van der Waals surface area contributed by atoms with Crippen LogP contribution in [0.1, 0.15) is 68.6 Å². The lowest BCUT2D eigenvalue weighted by molar-refractivity contribution is 0.0734. The van der Waals surface area contributed by atoms with Gasteiger partial charge in [0.2, 0.25) is 0 Å². The molecule has 0 bridgehead atoms. The van der Waals surface area contributed by atoms with Gasteiger partial charge in [0.15, 0.2) is 0 Å². The highest BCUT2D eigenvalue weighted by atomic mass is 16.5. The zero-order chi connectivity index (χ0) is 19.3. The highest BCUT2D eigenvalue weighted by Crippen LogP contribution is 2.20. The van der Waals surface area contributed by atoms with E-state index in [0.29, 0.717) is 17.9 Å². The van der Waals surface area contributed by atoms with E-state index in [9.17, 15) is 9.90 Å². The standard InChI is InChI=1S/C23H30O4/c1-2-3-4-5-6-7-8-9-18-26-21-14-16-22(17-15-21)27-23(25)19-10-12-20(24)13-11-19/h10-17,24H,2-9,18H2,1H3. The number of aromatic hydroxyl groups is 1. The third-order valence-electron chi connectivity index (χ3n) is 4.40. The van der Waals surface area contributed by atoms with Gasteiger partial charge in [-0.25, -0.2) is 4.79 Å². The summed E-state index contributed by atoms with van der Waals surface area (Å²) in [5, 5.41) is 9.25. The fraction of sp³-hybridized carbons (Fsp3) is 0.435. The Morgan fingerprint density at radius 2 is 1.33 bits per heavy atom.